The Kier molecular flexibility index (Phi) is 6.54. The van der Waals surface area contributed by atoms with Crippen molar-refractivity contribution >= 4 is 23.1 Å². The fourth-order valence-corrected chi connectivity index (χ4v) is 0.493. The van der Waals surface area contributed by atoms with Gasteiger partial charge in [-0.2, -0.15) is 0 Å². The average molecular weight is 150 g/mol. The molecule has 0 saturated heterocycles. The summed E-state index contributed by atoms with van der Waals surface area (Å²) in [6.45, 7) is 0. The SMILES string of the molecule is Oc1cccc(O)c1.[Mg+2].[O-2]. The first kappa shape index (κ1) is 12.2. The van der Waals surface area contributed by atoms with E-state index in [9.17, 15) is 0 Å². The van der Waals surface area contributed by atoms with Crippen LogP contribution in [0.4, 0.5) is 0 Å². The molecule has 0 spiro atoms. The molecule has 0 amide bonds. The van der Waals surface area contributed by atoms with Gasteiger partial charge in [0.15, 0.2) is 0 Å². The maximum absolute atomic E-state index is 8.65. The van der Waals surface area contributed by atoms with Crippen molar-refractivity contribution in [2.75, 3.05) is 0 Å². The molecule has 0 heterocycles. The van der Waals surface area contributed by atoms with Gasteiger partial charge in [0.25, 0.3) is 0 Å². The Bertz CT molecular complexity index is 173. The van der Waals surface area contributed by atoms with Crippen LogP contribution in [0.25, 0.3) is 0 Å². The maximum atomic E-state index is 8.65. The summed E-state index contributed by atoms with van der Waals surface area (Å²) in [6, 6.07) is 5.85. The number of rotatable bonds is 0. The van der Waals surface area contributed by atoms with E-state index in [0.29, 0.717) is 0 Å². The van der Waals surface area contributed by atoms with Gasteiger partial charge in [0.05, 0.1) is 0 Å². The van der Waals surface area contributed by atoms with Crippen LogP contribution in [-0.4, -0.2) is 33.3 Å². The molecule has 1 rings (SSSR count). The predicted molar refractivity (Wildman–Crippen MR) is 36.2 cm³/mol. The summed E-state index contributed by atoms with van der Waals surface area (Å²) in [7, 11) is 0. The largest absolute Gasteiger partial charge is 2.00 e. The van der Waals surface area contributed by atoms with Gasteiger partial charge in [-0.15, -0.1) is 0 Å². The molecule has 0 unspecified atom stereocenters. The molecule has 0 fully saturated rings. The van der Waals surface area contributed by atoms with Crippen molar-refractivity contribution in [2.45, 2.75) is 0 Å². The van der Waals surface area contributed by atoms with E-state index in [2.05, 4.69) is 0 Å². The number of benzene rings is 1. The summed E-state index contributed by atoms with van der Waals surface area (Å²) in [6.07, 6.45) is 0. The van der Waals surface area contributed by atoms with Crippen molar-refractivity contribution in [1.82, 2.24) is 0 Å². The molecule has 0 aliphatic rings. The normalized spacial score (nSPS) is 7.20. The molecule has 0 aliphatic carbocycles. The van der Waals surface area contributed by atoms with Gasteiger partial charge in [0.2, 0.25) is 0 Å². The van der Waals surface area contributed by atoms with Gasteiger partial charge in [0.1, 0.15) is 11.5 Å². The van der Waals surface area contributed by atoms with Gasteiger partial charge in [-0.25, -0.2) is 0 Å². The van der Waals surface area contributed by atoms with E-state index in [-0.39, 0.29) is 40.0 Å². The zero-order valence-electron chi connectivity index (χ0n) is 5.32. The first-order chi connectivity index (χ1) is 3.79. The Morgan fingerprint density at radius 1 is 1.00 bits per heavy atom. The second-order valence-corrected chi connectivity index (χ2v) is 1.52. The summed E-state index contributed by atoms with van der Waals surface area (Å²) in [5.74, 6) is 0.176. The molecule has 4 heteroatoms. The van der Waals surface area contributed by atoms with Crippen LogP contribution in [0.5, 0.6) is 11.5 Å². The molecule has 50 valence electrons. The van der Waals surface area contributed by atoms with E-state index in [1.165, 1.54) is 18.2 Å². The molecule has 0 saturated carbocycles. The minimum Gasteiger partial charge on any atom is -2.00 e. The summed E-state index contributed by atoms with van der Waals surface area (Å²) in [4.78, 5) is 0. The van der Waals surface area contributed by atoms with Crippen LogP contribution in [0.15, 0.2) is 24.3 Å². The summed E-state index contributed by atoms with van der Waals surface area (Å²) in [5, 5.41) is 17.3. The van der Waals surface area contributed by atoms with E-state index < -0.39 is 0 Å². The molecule has 3 nitrogen and oxygen atoms in total. The molecular weight excluding hydrogens is 144 g/mol. The molecule has 0 atom stereocenters. The zero-order chi connectivity index (χ0) is 5.98. The molecule has 2 N–H and O–H groups in total. The Balaban J connectivity index is 0. The minimum atomic E-state index is 0. The van der Waals surface area contributed by atoms with Crippen LogP contribution in [0, 0.1) is 0 Å². The number of hydrogen-bond acceptors (Lipinski definition) is 2. The van der Waals surface area contributed by atoms with Crippen molar-refractivity contribution in [2.24, 2.45) is 0 Å². The van der Waals surface area contributed by atoms with Crippen LogP contribution in [-0.2, 0) is 5.48 Å². The van der Waals surface area contributed by atoms with Crippen molar-refractivity contribution in [3.05, 3.63) is 24.3 Å². The van der Waals surface area contributed by atoms with Gasteiger partial charge in [-0.3, -0.25) is 0 Å². The van der Waals surface area contributed by atoms with Gasteiger partial charge in [0, 0.05) is 6.07 Å². The monoisotopic (exact) mass is 150 g/mol. The second kappa shape index (κ2) is 5.34. The van der Waals surface area contributed by atoms with Gasteiger partial charge < -0.3 is 15.7 Å². The molecule has 0 aliphatic heterocycles. The molecular formula is C6H6MgO3. The fourth-order valence-electron chi connectivity index (χ4n) is 0.493. The molecule has 1 aromatic rings. The number of aromatic hydroxyl groups is 2. The summed E-state index contributed by atoms with van der Waals surface area (Å²) < 4.78 is 0. The Hall–Kier alpha value is -0.454. The molecule has 0 radical (unpaired) electrons. The third-order valence-electron chi connectivity index (χ3n) is 0.830. The van der Waals surface area contributed by atoms with E-state index in [4.69, 9.17) is 10.2 Å². The summed E-state index contributed by atoms with van der Waals surface area (Å²) in [5.41, 5.74) is 0. The quantitative estimate of drug-likeness (QED) is 0.532. The Morgan fingerprint density at radius 2 is 1.40 bits per heavy atom. The number of phenolic OH excluding ortho intramolecular Hbond substituents is 2. The zero-order valence-corrected chi connectivity index (χ0v) is 6.73. The van der Waals surface area contributed by atoms with Crippen LogP contribution in [0.1, 0.15) is 0 Å². The van der Waals surface area contributed by atoms with E-state index in [1.54, 1.807) is 6.07 Å². The Morgan fingerprint density at radius 3 is 1.60 bits per heavy atom. The maximum Gasteiger partial charge on any atom is 2.00 e. The van der Waals surface area contributed by atoms with Crippen LogP contribution in [0.3, 0.4) is 0 Å². The smallest absolute Gasteiger partial charge is 2.00 e. The van der Waals surface area contributed by atoms with Gasteiger partial charge >= 0.3 is 23.1 Å². The van der Waals surface area contributed by atoms with Crippen molar-refractivity contribution < 1.29 is 15.7 Å². The summed E-state index contributed by atoms with van der Waals surface area (Å²) >= 11 is 0. The standard InChI is InChI=1S/C6H6O2.Mg.O/c7-5-2-1-3-6(8)4-5;;/h1-4,7-8H;;/q;+2;-2. The van der Waals surface area contributed by atoms with Crippen molar-refractivity contribution in [1.29, 1.82) is 0 Å². The number of hydrogen-bond donors (Lipinski definition) is 2. The number of phenols is 2. The van der Waals surface area contributed by atoms with Crippen LogP contribution >= 0.6 is 0 Å². The average Bonchev–Trinajstić information content (AvgIpc) is 1.64. The minimum absolute atomic E-state index is 0. The van der Waals surface area contributed by atoms with Crippen LogP contribution < -0.4 is 0 Å². The van der Waals surface area contributed by atoms with Crippen LogP contribution in [0.2, 0.25) is 0 Å². The molecule has 10 heavy (non-hydrogen) atoms. The fraction of sp³-hybridized carbons (Fsp3) is 0. The van der Waals surface area contributed by atoms with Crippen molar-refractivity contribution in [3.8, 4) is 11.5 Å². The van der Waals surface area contributed by atoms with E-state index in [0.717, 1.165) is 0 Å². The Labute approximate surface area is 74.8 Å². The molecule has 0 aromatic heterocycles. The first-order valence-electron chi connectivity index (χ1n) is 2.27. The third-order valence-corrected chi connectivity index (χ3v) is 0.830. The third kappa shape index (κ3) is 3.55. The van der Waals surface area contributed by atoms with E-state index in [1.807, 2.05) is 0 Å². The van der Waals surface area contributed by atoms with Gasteiger partial charge in [-0.05, 0) is 12.1 Å². The second-order valence-electron chi connectivity index (χ2n) is 1.52. The van der Waals surface area contributed by atoms with Gasteiger partial charge in [-0.1, -0.05) is 6.07 Å². The first-order valence-corrected chi connectivity index (χ1v) is 2.27. The topological polar surface area (TPSA) is 69.0 Å². The predicted octanol–water partition coefficient (Wildman–Crippen LogP) is 0.598. The molecule has 0 bridgehead atoms. The molecule has 1 aromatic carbocycles. The van der Waals surface area contributed by atoms with Crippen molar-refractivity contribution in [3.63, 3.8) is 0 Å². The van der Waals surface area contributed by atoms with E-state index >= 15 is 0 Å².